The normalized spacial score (nSPS) is 15.1. The molecule has 0 saturated heterocycles. The van der Waals surface area contributed by atoms with Gasteiger partial charge in [0.1, 0.15) is 0 Å². The van der Waals surface area contributed by atoms with Gasteiger partial charge in [0.05, 0.1) is 0 Å². The molecule has 0 unspecified atom stereocenters. The Hall–Kier alpha value is -0.460. The largest absolute Gasteiger partial charge is 0.386 e. The Kier molecular flexibility index (Phi) is 5.10. The fraction of sp³-hybridized carbons (Fsp3) is 0.867. The molecule has 0 rings (SSSR count). The molecule has 0 radical (unpaired) electrons. The van der Waals surface area contributed by atoms with Crippen LogP contribution in [0, 0.1) is 10.8 Å². The third-order valence-electron chi connectivity index (χ3n) is 2.74. The molecule has 96 valence electrons. The van der Waals surface area contributed by atoms with E-state index in [0.29, 0.717) is 6.04 Å². The summed E-state index contributed by atoms with van der Waals surface area (Å²) in [6.07, 6.45) is 1.12. The highest BCUT2D eigenvalue weighted by Crippen LogP contribution is 2.36. The Bertz CT molecular complexity index is 246. The number of allylic oxidation sites excluding steroid dienone is 2. The first-order valence-corrected chi connectivity index (χ1v) is 6.50. The highest BCUT2D eigenvalue weighted by atomic mass is 14.9. The average molecular weight is 225 g/mol. The Morgan fingerprint density at radius 1 is 0.938 bits per heavy atom. The zero-order valence-corrected chi connectivity index (χ0v) is 12.8. The zero-order valence-electron chi connectivity index (χ0n) is 12.8. The number of hydrogen-bond acceptors (Lipinski definition) is 1. The second-order valence-electron chi connectivity index (χ2n) is 7.01. The molecule has 16 heavy (non-hydrogen) atoms. The van der Waals surface area contributed by atoms with Gasteiger partial charge < -0.3 is 5.32 Å². The number of hydrogen-bond donors (Lipinski definition) is 1. The maximum Gasteiger partial charge on any atom is 0.0201 e. The second kappa shape index (κ2) is 5.25. The molecule has 0 aromatic rings. The fourth-order valence-corrected chi connectivity index (χ4v) is 2.13. The first-order chi connectivity index (χ1) is 7.00. The van der Waals surface area contributed by atoms with Crippen molar-refractivity contribution in [3.63, 3.8) is 0 Å². The molecule has 0 aromatic carbocycles. The van der Waals surface area contributed by atoms with Gasteiger partial charge in [0, 0.05) is 17.2 Å². The van der Waals surface area contributed by atoms with Gasteiger partial charge in [0.15, 0.2) is 0 Å². The van der Waals surface area contributed by atoms with Crippen molar-refractivity contribution < 1.29 is 0 Å². The minimum absolute atomic E-state index is 0.197. The van der Waals surface area contributed by atoms with Gasteiger partial charge in [0.2, 0.25) is 0 Å². The summed E-state index contributed by atoms with van der Waals surface area (Å²) >= 11 is 0. The van der Waals surface area contributed by atoms with Crippen molar-refractivity contribution in [1.29, 1.82) is 0 Å². The quantitative estimate of drug-likeness (QED) is 0.731. The molecule has 0 aromatic heterocycles. The van der Waals surface area contributed by atoms with Crippen LogP contribution in [0.15, 0.2) is 11.3 Å². The lowest BCUT2D eigenvalue weighted by Gasteiger charge is -2.35. The van der Waals surface area contributed by atoms with Gasteiger partial charge >= 0.3 is 0 Å². The topological polar surface area (TPSA) is 12.0 Å². The van der Waals surface area contributed by atoms with Crippen molar-refractivity contribution in [3.05, 3.63) is 11.3 Å². The monoisotopic (exact) mass is 225 g/mol. The maximum atomic E-state index is 3.66. The van der Waals surface area contributed by atoms with Gasteiger partial charge in [-0.05, 0) is 31.3 Å². The lowest BCUT2D eigenvalue weighted by Crippen LogP contribution is -2.33. The van der Waals surface area contributed by atoms with Gasteiger partial charge in [-0.1, -0.05) is 48.5 Å². The van der Waals surface area contributed by atoms with E-state index >= 15 is 0 Å². The van der Waals surface area contributed by atoms with E-state index in [1.165, 1.54) is 5.70 Å². The smallest absolute Gasteiger partial charge is 0.0201 e. The second-order valence-corrected chi connectivity index (χ2v) is 7.01. The van der Waals surface area contributed by atoms with Crippen molar-refractivity contribution in [3.8, 4) is 0 Å². The van der Waals surface area contributed by atoms with Crippen LogP contribution < -0.4 is 5.32 Å². The summed E-state index contributed by atoms with van der Waals surface area (Å²) in [6.45, 7) is 20.5. The summed E-state index contributed by atoms with van der Waals surface area (Å²) in [7, 11) is 0. The van der Waals surface area contributed by atoms with E-state index in [1.54, 1.807) is 5.57 Å². The average Bonchev–Trinajstić information content (AvgIpc) is 1.98. The first kappa shape index (κ1) is 15.5. The van der Waals surface area contributed by atoms with Crippen molar-refractivity contribution in [2.45, 2.75) is 74.8 Å². The van der Waals surface area contributed by atoms with Crippen LogP contribution in [-0.2, 0) is 0 Å². The summed E-state index contributed by atoms with van der Waals surface area (Å²) in [6, 6.07) is 0.498. The van der Waals surface area contributed by atoms with Crippen LogP contribution in [0.1, 0.15) is 68.7 Å². The van der Waals surface area contributed by atoms with Crippen molar-refractivity contribution in [1.82, 2.24) is 5.32 Å². The minimum Gasteiger partial charge on any atom is -0.386 e. The van der Waals surface area contributed by atoms with Crippen LogP contribution in [0.4, 0.5) is 0 Å². The van der Waals surface area contributed by atoms with Crippen molar-refractivity contribution >= 4 is 0 Å². The third kappa shape index (κ3) is 4.59. The lowest BCUT2D eigenvalue weighted by atomic mass is 9.77. The molecule has 0 fully saturated rings. The molecule has 0 atom stereocenters. The summed E-state index contributed by atoms with van der Waals surface area (Å²) < 4.78 is 0. The van der Waals surface area contributed by atoms with E-state index in [0.717, 1.165) is 6.42 Å². The van der Waals surface area contributed by atoms with Gasteiger partial charge in [0.25, 0.3) is 0 Å². The minimum atomic E-state index is 0.197. The molecule has 1 heteroatoms. The Labute approximate surface area is 103 Å². The van der Waals surface area contributed by atoms with Crippen LogP contribution in [0.5, 0.6) is 0 Å². The van der Waals surface area contributed by atoms with Gasteiger partial charge in [-0.25, -0.2) is 0 Å². The van der Waals surface area contributed by atoms with Crippen LogP contribution in [0.3, 0.4) is 0 Å². The molecule has 1 N–H and O–H groups in total. The van der Waals surface area contributed by atoms with E-state index in [-0.39, 0.29) is 10.8 Å². The number of rotatable bonds is 3. The van der Waals surface area contributed by atoms with E-state index in [1.807, 2.05) is 0 Å². The maximum absolute atomic E-state index is 3.66. The molecule has 0 saturated carbocycles. The fourth-order valence-electron chi connectivity index (χ4n) is 2.13. The van der Waals surface area contributed by atoms with Gasteiger partial charge in [-0.3, -0.25) is 0 Å². The van der Waals surface area contributed by atoms with E-state index in [4.69, 9.17) is 0 Å². The predicted octanol–water partition coefficient (Wildman–Crippen LogP) is 4.74. The molecule has 0 aliphatic heterocycles. The zero-order chi connectivity index (χ0) is 13.1. The van der Waals surface area contributed by atoms with Crippen molar-refractivity contribution in [2.75, 3.05) is 0 Å². The Morgan fingerprint density at radius 2 is 1.38 bits per heavy atom. The molecule has 0 heterocycles. The molecule has 0 spiro atoms. The molecular weight excluding hydrogens is 194 g/mol. The van der Waals surface area contributed by atoms with Crippen LogP contribution in [0.25, 0.3) is 0 Å². The van der Waals surface area contributed by atoms with E-state index in [9.17, 15) is 0 Å². The predicted molar refractivity (Wildman–Crippen MR) is 74.5 cm³/mol. The molecular formula is C15H31N. The number of nitrogens with one attached hydrogen (secondary N) is 1. The van der Waals surface area contributed by atoms with E-state index in [2.05, 4.69) is 67.6 Å². The first-order valence-electron chi connectivity index (χ1n) is 6.50. The Balaban J connectivity index is 5.50. The molecule has 0 bridgehead atoms. The van der Waals surface area contributed by atoms with Crippen molar-refractivity contribution in [2.24, 2.45) is 10.8 Å². The van der Waals surface area contributed by atoms with E-state index < -0.39 is 0 Å². The Morgan fingerprint density at radius 3 is 1.56 bits per heavy atom. The summed E-state index contributed by atoms with van der Waals surface area (Å²) in [4.78, 5) is 0. The highest BCUT2D eigenvalue weighted by Gasteiger charge is 2.27. The molecule has 0 aliphatic rings. The summed E-state index contributed by atoms with van der Waals surface area (Å²) in [5.74, 6) is 0. The summed E-state index contributed by atoms with van der Waals surface area (Å²) in [5.41, 5.74) is 3.42. The molecule has 1 nitrogen and oxygen atoms in total. The van der Waals surface area contributed by atoms with Crippen LogP contribution in [0.2, 0.25) is 0 Å². The molecule has 0 aliphatic carbocycles. The lowest BCUT2D eigenvalue weighted by molar-refractivity contribution is 0.394. The SMILES string of the molecule is CC/C(=C(\NC(C)C)C(C)(C)C)C(C)(C)C. The summed E-state index contributed by atoms with van der Waals surface area (Å²) in [5, 5.41) is 3.66. The highest BCUT2D eigenvalue weighted by molar-refractivity contribution is 5.23. The van der Waals surface area contributed by atoms with Gasteiger partial charge in [-0.15, -0.1) is 0 Å². The molecule has 0 amide bonds. The third-order valence-corrected chi connectivity index (χ3v) is 2.74. The standard InChI is InChI=1S/C15H31N/c1-10-12(14(4,5)6)13(15(7,8)9)16-11(2)3/h11,16H,10H2,1-9H3/b13-12+. The van der Waals surface area contributed by atoms with Crippen LogP contribution in [-0.4, -0.2) is 6.04 Å². The van der Waals surface area contributed by atoms with Gasteiger partial charge in [-0.2, -0.15) is 0 Å². The van der Waals surface area contributed by atoms with Crippen LogP contribution >= 0.6 is 0 Å².